The molecule has 1 aromatic heterocycles. The van der Waals surface area contributed by atoms with Gasteiger partial charge in [0.15, 0.2) is 0 Å². The van der Waals surface area contributed by atoms with Gasteiger partial charge < -0.3 is 0 Å². The molecule has 0 bridgehead atoms. The summed E-state index contributed by atoms with van der Waals surface area (Å²) in [6, 6.07) is 12.6. The van der Waals surface area contributed by atoms with Gasteiger partial charge in [-0.25, -0.2) is 4.98 Å². The van der Waals surface area contributed by atoms with Crippen molar-refractivity contribution < 1.29 is 0 Å². The Hall–Kier alpha value is -1.54. The number of allylic oxidation sites excluding steroid dienone is 1. The first-order valence-corrected chi connectivity index (χ1v) is 9.36. The second kappa shape index (κ2) is 7.78. The molecular formula is C18H8Cl4N2S. The van der Waals surface area contributed by atoms with Gasteiger partial charge >= 0.3 is 0 Å². The lowest BCUT2D eigenvalue weighted by Crippen LogP contribution is -1.85. The Morgan fingerprint density at radius 1 is 1.08 bits per heavy atom. The molecule has 0 N–H and O–H groups in total. The van der Waals surface area contributed by atoms with Gasteiger partial charge in [0.1, 0.15) is 11.1 Å². The van der Waals surface area contributed by atoms with Crippen LogP contribution in [0.4, 0.5) is 0 Å². The summed E-state index contributed by atoms with van der Waals surface area (Å²) in [5, 5.41) is 13.8. The van der Waals surface area contributed by atoms with Crippen molar-refractivity contribution in [3.05, 3.63) is 72.4 Å². The van der Waals surface area contributed by atoms with E-state index in [1.54, 1.807) is 42.5 Å². The molecule has 0 fully saturated rings. The Bertz CT molecular complexity index is 1020. The molecule has 0 saturated heterocycles. The minimum atomic E-state index is 0.394. The first-order valence-electron chi connectivity index (χ1n) is 6.96. The summed E-state index contributed by atoms with van der Waals surface area (Å²) >= 11 is 25.7. The highest BCUT2D eigenvalue weighted by atomic mass is 35.5. The lowest BCUT2D eigenvalue weighted by atomic mass is 10.1. The predicted molar refractivity (Wildman–Crippen MR) is 108 cm³/mol. The number of nitrogens with zero attached hydrogens (tertiary/aromatic N) is 2. The fourth-order valence-corrected chi connectivity index (χ4v) is 3.80. The van der Waals surface area contributed by atoms with Gasteiger partial charge in [0.2, 0.25) is 0 Å². The van der Waals surface area contributed by atoms with Crippen LogP contribution in [-0.2, 0) is 0 Å². The minimum absolute atomic E-state index is 0.394. The monoisotopic (exact) mass is 424 g/mol. The van der Waals surface area contributed by atoms with Crippen molar-refractivity contribution in [1.29, 1.82) is 5.26 Å². The maximum Gasteiger partial charge on any atom is 0.134 e. The maximum atomic E-state index is 9.50. The Morgan fingerprint density at radius 3 is 2.60 bits per heavy atom. The zero-order valence-corrected chi connectivity index (χ0v) is 16.3. The van der Waals surface area contributed by atoms with Crippen molar-refractivity contribution in [3.8, 4) is 17.3 Å². The Morgan fingerprint density at radius 2 is 1.88 bits per heavy atom. The van der Waals surface area contributed by atoms with Gasteiger partial charge in [-0.05, 0) is 35.9 Å². The average molecular weight is 426 g/mol. The number of nitriles is 1. The molecule has 0 radical (unpaired) electrons. The molecule has 0 spiro atoms. The van der Waals surface area contributed by atoms with Gasteiger partial charge in [-0.15, -0.1) is 11.3 Å². The van der Waals surface area contributed by atoms with E-state index >= 15 is 0 Å². The average Bonchev–Trinajstić information content (AvgIpc) is 3.05. The fraction of sp³-hybridized carbons (Fsp3) is 0. The van der Waals surface area contributed by atoms with E-state index in [1.807, 2.05) is 5.38 Å². The fourth-order valence-electron chi connectivity index (χ4n) is 2.15. The molecule has 3 aromatic rings. The number of benzene rings is 2. The summed E-state index contributed by atoms with van der Waals surface area (Å²) in [6.45, 7) is 0. The third kappa shape index (κ3) is 4.00. The number of aromatic nitrogens is 1. The molecule has 0 aliphatic carbocycles. The van der Waals surface area contributed by atoms with Crippen LogP contribution in [0.2, 0.25) is 20.1 Å². The van der Waals surface area contributed by atoms with Gasteiger partial charge in [-0.3, -0.25) is 0 Å². The molecule has 0 unspecified atom stereocenters. The molecule has 1 heterocycles. The molecule has 124 valence electrons. The normalized spacial score (nSPS) is 11.4. The van der Waals surface area contributed by atoms with E-state index in [-0.39, 0.29) is 0 Å². The Kier molecular flexibility index (Phi) is 5.68. The van der Waals surface area contributed by atoms with E-state index in [1.165, 1.54) is 11.3 Å². The van der Waals surface area contributed by atoms with E-state index in [9.17, 15) is 5.26 Å². The molecule has 0 aliphatic rings. The van der Waals surface area contributed by atoms with Crippen molar-refractivity contribution in [2.75, 3.05) is 0 Å². The maximum absolute atomic E-state index is 9.50. The molecule has 2 nitrogen and oxygen atoms in total. The highest BCUT2D eigenvalue weighted by Crippen LogP contribution is 2.34. The van der Waals surface area contributed by atoms with Crippen LogP contribution in [0.15, 0.2) is 41.8 Å². The molecular weight excluding hydrogens is 418 g/mol. The van der Waals surface area contributed by atoms with Gasteiger partial charge in [-0.1, -0.05) is 58.5 Å². The Labute approximate surface area is 168 Å². The van der Waals surface area contributed by atoms with E-state index in [0.29, 0.717) is 41.9 Å². The summed E-state index contributed by atoms with van der Waals surface area (Å²) in [5.74, 6) is 0. The molecule has 0 aliphatic heterocycles. The van der Waals surface area contributed by atoms with Crippen molar-refractivity contribution in [1.82, 2.24) is 4.98 Å². The standard InChI is InChI=1S/C18H8Cl4N2S/c19-12-4-5-13(15(21)7-12)16-9-25-18(24-16)11(8-23)6-10-2-1-3-14(20)17(10)22/h1-7,9H. The molecule has 2 aromatic carbocycles. The SMILES string of the molecule is N#CC(=Cc1cccc(Cl)c1Cl)c1nc(-c2ccc(Cl)cc2Cl)cs1. The highest BCUT2D eigenvalue weighted by Gasteiger charge is 2.13. The first kappa shape index (κ1) is 18.3. The lowest BCUT2D eigenvalue weighted by molar-refractivity contribution is 1.37. The van der Waals surface area contributed by atoms with Crippen LogP contribution in [0.5, 0.6) is 0 Å². The molecule has 0 atom stereocenters. The van der Waals surface area contributed by atoms with Crippen LogP contribution in [0.25, 0.3) is 22.9 Å². The number of hydrogen-bond donors (Lipinski definition) is 0. The van der Waals surface area contributed by atoms with Crippen LogP contribution >= 0.6 is 57.7 Å². The van der Waals surface area contributed by atoms with E-state index < -0.39 is 0 Å². The van der Waals surface area contributed by atoms with E-state index in [4.69, 9.17) is 46.4 Å². The minimum Gasteiger partial charge on any atom is -0.235 e. The summed E-state index contributed by atoms with van der Waals surface area (Å²) in [5.41, 5.74) is 2.49. The van der Waals surface area contributed by atoms with Crippen LogP contribution in [0.1, 0.15) is 10.6 Å². The summed E-state index contributed by atoms with van der Waals surface area (Å²) in [6.07, 6.45) is 1.67. The van der Waals surface area contributed by atoms with Gasteiger partial charge in [0.25, 0.3) is 0 Å². The van der Waals surface area contributed by atoms with Crippen molar-refractivity contribution >= 4 is 69.4 Å². The highest BCUT2D eigenvalue weighted by molar-refractivity contribution is 7.11. The second-order valence-electron chi connectivity index (χ2n) is 4.97. The zero-order chi connectivity index (χ0) is 18.0. The third-order valence-electron chi connectivity index (χ3n) is 3.34. The van der Waals surface area contributed by atoms with Crippen LogP contribution < -0.4 is 0 Å². The van der Waals surface area contributed by atoms with Crippen molar-refractivity contribution in [3.63, 3.8) is 0 Å². The summed E-state index contributed by atoms with van der Waals surface area (Å²) < 4.78 is 0. The lowest BCUT2D eigenvalue weighted by Gasteiger charge is -2.02. The summed E-state index contributed by atoms with van der Waals surface area (Å²) in [4.78, 5) is 4.51. The van der Waals surface area contributed by atoms with Gasteiger partial charge in [-0.2, -0.15) is 5.26 Å². The molecule has 25 heavy (non-hydrogen) atoms. The molecule has 0 saturated carbocycles. The van der Waals surface area contributed by atoms with Gasteiger partial charge in [0.05, 0.1) is 26.3 Å². The third-order valence-corrected chi connectivity index (χ3v) is 5.60. The number of thiazole rings is 1. The van der Waals surface area contributed by atoms with Crippen molar-refractivity contribution in [2.45, 2.75) is 0 Å². The largest absolute Gasteiger partial charge is 0.235 e. The number of rotatable bonds is 3. The van der Waals surface area contributed by atoms with Crippen LogP contribution in [0, 0.1) is 11.3 Å². The number of halogens is 4. The van der Waals surface area contributed by atoms with Crippen molar-refractivity contribution in [2.24, 2.45) is 0 Å². The molecule has 7 heteroatoms. The first-order chi connectivity index (χ1) is 12.0. The molecule has 0 amide bonds. The van der Waals surface area contributed by atoms with E-state index in [2.05, 4.69) is 11.1 Å². The topological polar surface area (TPSA) is 36.7 Å². The Balaban J connectivity index is 2.01. The number of hydrogen-bond acceptors (Lipinski definition) is 3. The summed E-state index contributed by atoms with van der Waals surface area (Å²) in [7, 11) is 0. The quantitative estimate of drug-likeness (QED) is 0.407. The zero-order valence-electron chi connectivity index (χ0n) is 12.4. The van der Waals surface area contributed by atoms with Crippen LogP contribution in [-0.4, -0.2) is 4.98 Å². The predicted octanol–water partition coefficient (Wildman–Crippen LogP) is 7.49. The smallest absolute Gasteiger partial charge is 0.134 e. The van der Waals surface area contributed by atoms with Crippen LogP contribution in [0.3, 0.4) is 0 Å². The van der Waals surface area contributed by atoms with E-state index in [0.717, 1.165) is 5.56 Å². The molecule has 3 rings (SSSR count). The van der Waals surface area contributed by atoms with Gasteiger partial charge in [0, 0.05) is 16.0 Å². The second-order valence-corrected chi connectivity index (χ2v) is 7.46.